The van der Waals surface area contributed by atoms with Gasteiger partial charge in [0.15, 0.2) is 0 Å². The van der Waals surface area contributed by atoms with E-state index in [1.807, 2.05) is 0 Å². The number of hydrogen-bond acceptors (Lipinski definition) is 7. The fourth-order valence-corrected chi connectivity index (χ4v) is 4.02. The first-order valence-corrected chi connectivity index (χ1v) is 9.55. The second kappa shape index (κ2) is 8.46. The number of esters is 2. The molecule has 0 amide bonds. The lowest BCUT2D eigenvalue weighted by molar-refractivity contribution is -0.384. The lowest BCUT2D eigenvalue weighted by atomic mass is 9.80. The number of nitro groups is 1. The van der Waals surface area contributed by atoms with Crippen LogP contribution in [0.1, 0.15) is 51.0 Å². The molecule has 1 aliphatic heterocycles. The third-order valence-electron chi connectivity index (χ3n) is 5.38. The van der Waals surface area contributed by atoms with Gasteiger partial charge in [-0.25, -0.2) is 9.59 Å². The Kier molecular flexibility index (Phi) is 6.00. The summed E-state index contributed by atoms with van der Waals surface area (Å²) in [4.78, 5) is 36.4. The number of nitrogens with zero attached hydrogens (tertiary/aromatic N) is 1. The van der Waals surface area contributed by atoms with Crippen LogP contribution < -0.4 is 5.32 Å². The van der Waals surface area contributed by atoms with Crippen LogP contribution in [0.2, 0.25) is 0 Å². The number of ether oxygens (including phenoxy) is 2. The predicted octanol–water partition coefficient (Wildman–Crippen LogP) is 3.49. The van der Waals surface area contributed by atoms with Crippen LogP contribution in [-0.4, -0.2) is 30.1 Å². The van der Waals surface area contributed by atoms with Crippen molar-refractivity contribution in [3.63, 3.8) is 0 Å². The largest absolute Gasteiger partial charge is 0.466 e. The summed E-state index contributed by atoms with van der Waals surface area (Å²) in [6, 6.07) is 5.94. The molecule has 0 saturated heterocycles. The van der Waals surface area contributed by atoms with Gasteiger partial charge in [0.05, 0.1) is 29.1 Å². The smallest absolute Gasteiger partial charge is 0.337 e. The van der Waals surface area contributed by atoms with Crippen molar-refractivity contribution in [2.45, 2.75) is 51.6 Å². The molecule has 0 bridgehead atoms. The Morgan fingerprint density at radius 3 is 2.31 bits per heavy atom. The van der Waals surface area contributed by atoms with Gasteiger partial charge in [0.1, 0.15) is 6.10 Å². The van der Waals surface area contributed by atoms with Crippen LogP contribution in [0.25, 0.3) is 0 Å². The standard InChI is InChI=1S/C21H24N2O6/c1-12-17(20(24)28-3)19(14-7-6-8-15(11-14)23(26)27)18(13(2)22-12)21(25)29-16-9-4-5-10-16/h6-8,11,16,19,22H,4-5,9-10H2,1-3H3. The SMILES string of the molecule is COC(=O)C1=C(C)NC(C)=C(C(=O)OC2CCCC2)C1c1cccc([N+](=O)[O-])c1. The van der Waals surface area contributed by atoms with Crippen LogP contribution in [0, 0.1) is 10.1 Å². The highest BCUT2D eigenvalue weighted by molar-refractivity contribution is 6.00. The van der Waals surface area contributed by atoms with Crippen molar-refractivity contribution >= 4 is 17.6 Å². The van der Waals surface area contributed by atoms with E-state index in [9.17, 15) is 19.7 Å². The molecule has 1 fully saturated rings. The summed E-state index contributed by atoms with van der Waals surface area (Å²) in [7, 11) is 1.26. The number of rotatable bonds is 5. The second-order valence-corrected chi connectivity index (χ2v) is 7.29. The average molecular weight is 400 g/mol. The number of carbonyl (C=O) groups is 2. The summed E-state index contributed by atoms with van der Waals surface area (Å²) in [5, 5.41) is 14.3. The molecule has 1 aromatic carbocycles. The number of hydrogen-bond donors (Lipinski definition) is 1. The van der Waals surface area contributed by atoms with E-state index in [-0.39, 0.29) is 22.9 Å². The molecule has 2 aliphatic rings. The molecule has 0 radical (unpaired) electrons. The van der Waals surface area contributed by atoms with E-state index in [0.717, 1.165) is 25.7 Å². The maximum Gasteiger partial charge on any atom is 0.337 e. The number of nitro benzene ring substituents is 1. The van der Waals surface area contributed by atoms with E-state index in [1.54, 1.807) is 19.9 Å². The van der Waals surface area contributed by atoms with Crippen molar-refractivity contribution in [2.75, 3.05) is 7.11 Å². The molecular weight excluding hydrogens is 376 g/mol. The Labute approximate surface area is 168 Å². The van der Waals surface area contributed by atoms with Crippen molar-refractivity contribution < 1.29 is 24.0 Å². The molecular formula is C21H24N2O6. The molecule has 8 nitrogen and oxygen atoms in total. The predicted molar refractivity (Wildman–Crippen MR) is 105 cm³/mol. The summed E-state index contributed by atoms with van der Waals surface area (Å²) in [5.41, 5.74) is 1.92. The first kappa shape index (κ1) is 20.6. The first-order chi connectivity index (χ1) is 13.8. The summed E-state index contributed by atoms with van der Waals surface area (Å²) in [5.74, 6) is -1.95. The van der Waals surface area contributed by atoms with Gasteiger partial charge in [-0.05, 0) is 45.1 Å². The van der Waals surface area contributed by atoms with E-state index in [1.165, 1.54) is 25.3 Å². The van der Waals surface area contributed by atoms with Crippen LogP contribution >= 0.6 is 0 Å². The highest BCUT2D eigenvalue weighted by Gasteiger charge is 2.39. The molecule has 1 saturated carbocycles. The van der Waals surface area contributed by atoms with Crippen molar-refractivity contribution in [1.82, 2.24) is 5.32 Å². The van der Waals surface area contributed by atoms with E-state index >= 15 is 0 Å². The highest BCUT2D eigenvalue weighted by Crippen LogP contribution is 2.40. The molecule has 0 spiro atoms. The van der Waals surface area contributed by atoms with Crippen molar-refractivity contribution in [1.29, 1.82) is 0 Å². The van der Waals surface area contributed by atoms with E-state index in [2.05, 4.69) is 5.32 Å². The minimum Gasteiger partial charge on any atom is -0.466 e. The lowest BCUT2D eigenvalue weighted by Gasteiger charge is -2.30. The van der Waals surface area contributed by atoms with E-state index in [4.69, 9.17) is 9.47 Å². The Morgan fingerprint density at radius 1 is 1.10 bits per heavy atom. The first-order valence-electron chi connectivity index (χ1n) is 9.55. The summed E-state index contributed by atoms with van der Waals surface area (Å²) in [6.07, 6.45) is 3.49. The summed E-state index contributed by atoms with van der Waals surface area (Å²) >= 11 is 0. The zero-order valence-corrected chi connectivity index (χ0v) is 16.7. The molecule has 154 valence electrons. The van der Waals surface area contributed by atoms with Crippen molar-refractivity contribution in [3.8, 4) is 0 Å². The quantitative estimate of drug-likeness (QED) is 0.458. The van der Waals surface area contributed by atoms with Gasteiger partial charge in [-0.3, -0.25) is 10.1 Å². The van der Waals surface area contributed by atoms with E-state index in [0.29, 0.717) is 17.0 Å². The van der Waals surface area contributed by atoms with Crippen LogP contribution in [0.15, 0.2) is 46.8 Å². The number of carbonyl (C=O) groups excluding carboxylic acids is 2. The van der Waals surface area contributed by atoms with Gasteiger partial charge in [0, 0.05) is 23.5 Å². The van der Waals surface area contributed by atoms with Gasteiger partial charge in [0.25, 0.3) is 5.69 Å². The molecule has 29 heavy (non-hydrogen) atoms. The molecule has 1 aliphatic carbocycles. The number of non-ortho nitro benzene ring substituents is 1. The third-order valence-corrected chi connectivity index (χ3v) is 5.38. The lowest BCUT2D eigenvalue weighted by Crippen LogP contribution is -2.33. The number of allylic oxidation sites excluding steroid dienone is 2. The van der Waals surface area contributed by atoms with Crippen LogP contribution in [0.4, 0.5) is 5.69 Å². The molecule has 1 aromatic rings. The Morgan fingerprint density at radius 2 is 1.72 bits per heavy atom. The Hall–Kier alpha value is -3.16. The zero-order chi connectivity index (χ0) is 21.1. The molecule has 8 heteroatoms. The summed E-state index contributed by atoms with van der Waals surface area (Å²) < 4.78 is 10.6. The van der Waals surface area contributed by atoms with Gasteiger partial charge in [-0.1, -0.05) is 12.1 Å². The Bertz CT molecular complexity index is 912. The molecule has 0 aromatic heterocycles. The molecule has 1 atom stereocenters. The molecule has 3 rings (SSSR count). The molecule has 1 heterocycles. The normalized spacial score (nSPS) is 19.8. The monoisotopic (exact) mass is 400 g/mol. The van der Waals surface area contributed by atoms with Crippen molar-refractivity contribution in [3.05, 3.63) is 62.5 Å². The number of nitrogens with one attached hydrogen (secondary N) is 1. The topological polar surface area (TPSA) is 108 Å². The summed E-state index contributed by atoms with van der Waals surface area (Å²) in [6.45, 7) is 3.44. The van der Waals surface area contributed by atoms with Crippen LogP contribution in [0.3, 0.4) is 0 Å². The Balaban J connectivity index is 2.09. The van der Waals surface area contributed by atoms with Crippen molar-refractivity contribution in [2.24, 2.45) is 0 Å². The minimum absolute atomic E-state index is 0.121. The second-order valence-electron chi connectivity index (χ2n) is 7.29. The number of benzene rings is 1. The third kappa shape index (κ3) is 4.16. The van der Waals surface area contributed by atoms with Gasteiger partial charge < -0.3 is 14.8 Å². The average Bonchev–Trinajstić information content (AvgIpc) is 3.19. The van der Waals surface area contributed by atoms with Crippen LogP contribution in [0.5, 0.6) is 0 Å². The van der Waals surface area contributed by atoms with Gasteiger partial charge in [-0.15, -0.1) is 0 Å². The molecule has 1 N–H and O–H groups in total. The highest BCUT2D eigenvalue weighted by atomic mass is 16.6. The zero-order valence-electron chi connectivity index (χ0n) is 16.7. The van der Waals surface area contributed by atoms with Gasteiger partial charge in [-0.2, -0.15) is 0 Å². The fraction of sp³-hybridized carbons (Fsp3) is 0.429. The number of methoxy groups -OCH3 is 1. The van der Waals surface area contributed by atoms with Gasteiger partial charge >= 0.3 is 11.9 Å². The van der Waals surface area contributed by atoms with Crippen LogP contribution in [-0.2, 0) is 19.1 Å². The maximum absolute atomic E-state index is 13.1. The minimum atomic E-state index is -0.822. The van der Waals surface area contributed by atoms with Gasteiger partial charge in [0.2, 0.25) is 0 Å². The van der Waals surface area contributed by atoms with E-state index < -0.39 is 22.8 Å². The maximum atomic E-state index is 13.1. The fourth-order valence-electron chi connectivity index (χ4n) is 4.02. The molecule has 1 unspecified atom stereocenters. The number of dihydropyridines is 1.